The lowest BCUT2D eigenvalue weighted by Gasteiger charge is -2.27. The zero-order valence-corrected chi connectivity index (χ0v) is 6.55. The fraction of sp³-hybridized carbons (Fsp3) is 1.00. The smallest absolute Gasteiger partial charge is 0.0641 e. The van der Waals surface area contributed by atoms with Crippen molar-refractivity contribution in [2.45, 2.75) is 39.4 Å². The molecule has 0 aliphatic heterocycles. The van der Waals surface area contributed by atoms with Crippen LogP contribution in [-0.2, 0) is 0 Å². The van der Waals surface area contributed by atoms with Crippen molar-refractivity contribution < 1.29 is 10.2 Å². The Labute approximate surface area is 56.5 Å². The summed E-state index contributed by atoms with van der Waals surface area (Å²) >= 11 is 0. The van der Waals surface area contributed by atoms with Crippen molar-refractivity contribution >= 4 is 0 Å². The average Bonchev–Trinajstić information content (AvgIpc) is 1.62. The van der Waals surface area contributed by atoms with Gasteiger partial charge in [0.1, 0.15) is 0 Å². The highest BCUT2D eigenvalue weighted by Crippen LogP contribution is 2.18. The van der Waals surface area contributed by atoms with Crippen LogP contribution in [0.1, 0.15) is 27.7 Å². The number of hydrogen-bond acceptors (Lipinski definition) is 2. The molecule has 2 nitrogen and oxygen atoms in total. The van der Waals surface area contributed by atoms with Crippen LogP contribution in [0.2, 0.25) is 0 Å². The molecule has 0 fully saturated rings. The van der Waals surface area contributed by atoms with Gasteiger partial charge in [0.25, 0.3) is 0 Å². The third-order valence-corrected chi connectivity index (χ3v) is 1.84. The summed E-state index contributed by atoms with van der Waals surface area (Å²) in [7, 11) is 0. The molecule has 0 aromatic heterocycles. The van der Waals surface area contributed by atoms with E-state index in [0.29, 0.717) is 0 Å². The Balaban J connectivity index is 3.88. The van der Waals surface area contributed by atoms with Crippen molar-refractivity contribution in [2.24, 2.45) is 5.92 Å². The lowest BCUT2D eigenvalue weighted by atomic mass is 9.89. The van der Waals surface area contributed by atoms with Gasteiger partial charge in [0.15, 0.2) is 0 Å². The van der Waals surface area contributed by atoms with Crippen molar-refractivity contribution in [3.05, 3.63) is 0 Å². The van der Waals surface area contributed by atoms with E-state index in [2.05, 4.69) is 0 Å². The van der Waals surface area contributed by atoms with Gasteiger partial charge in [0.05, 0.1) is 11.7 Å². The van der Waals surface area contributed by atoms with E-state index in [0.717, 1.165) is 0 Å². The predicted molar refractivity (Wildman–Crippen MR) is 37.1 cm³/mol. The molecule has 56 valence electrons. The molecule has 0 aromatic rings. The van der Waals surface area contributed by atoms with Crippen LogP contribution in [0.15, 0.2) is 0 Å². The average molecular weight is 132 g/mol. The highest BCUT2D eigenvalue weighted by molar-refractivity contribution is 4.76. The summed E-state index contributed by atoms with van der Waals surface area (Å²) in [6.45, 7) is 6.90. The van der Waals surface area contributed by atoms with Gasteiger partial charge in [-0.3, -0.25) is 0 Å². The second-order valence-electron chi connectivity index (χ2n) is 3.18. The van der Waals surface area contributed by atoms with Crippen LogP contribution in [0.5, 0.6) is 0 Å². The first kappa shape index (κ1) is 8.92. The van der Waals surface area contributed by atoms with Gasteiger partial charge < -0.3 is 10.2 Å². The molecule has 0 saturated heterocycles. The standard InChI is InChI=1S/C7H16O2/c1-5(6(2)8)7(3,4)9/h5-6,8-9H,1-4H3/t5-,6+/m0/s1. The van der Waals surface area contributed by atoms with Gasteiger partial charge in [0, 0.05) is 5.92 Å². The SMILES string of the molecule is C[C@@H](O)[C@H](C)C(C)(C)O. The van der Waals surface area contributed by atoms with Gasteiger partial charge >= 0.3 is 0 Å². The highest BCUT2D eigenvalue weighted by Gasteiger charge is 2.25. The van der Waals surface area contributed by atoms with E-state index < -0.39 is 11.7 Å². The van der Waals surface area contributed by atoms with Crippen LogP contribution in [0, 0.1) is 5.92 Å². The predicted octanol–water partition coefficient (Wildman–Crippen LogP) is 0.774. The van der Waals surface area contributed by atoms with Crippen molar-refractivity contribution in [1.82, 2.24) is 0 Å². The Kier molecular flexibility index (Phi) is 2.65. The molecule has 0 heterocycles. The molecule has 2 atom stereocenters. The largest absolute Gasteiger partial charge is 0.393 e. The minimum absolute atomic E-state index is 0.0718. The molecular formula is C7H16O2. The van der Waals surface area contributed by atoms with Gasteiger partial charge in [0.2, 0.25) is 0 Å². The summed E-state index contributed by atoms with van der Waals surface area (Å²) in [6, 6.07) is 0. The summed E-state index contributed by atoms with van der Waals surface area (Å²) in [6.07, 6.45) is -0.440. The van der Waals surface area contributed by atoms with Crippen molar-refractivity contribution in [3.8, 4) is 0 Å². The lowest BCUT2D eigenvalue weighted by molar-refractivity contribution is -0.0310. The molecule has 0 aliphatic carbocycles. The fourth-order valence-electron chi connectivity index (χ4n) is 0.590. The highest BCUT2D eigenvalue weighted by atomic mass is 16.3. The molecule has 2 heteroatoms. The molecular weight excluding hydrogens is 116 g/mol. The van der Waals surface area contributed by atoms with Gasteiger partial charge in [-0.05, 0) is 20.8 Å². The fourth-order valence-corrected chi connectivity index (χ4v) is 0.590. The molecule has 0 unspecified atom stereocenters. The molecule has 0 aromatic carbocycles. The molecule has 2 N–H and O–H groups in total. The topological polar surface area (TPSA) is 40.5 Å². The van der Waals surface area contributed by atoms with Crippen LogP contribution < -0.4 is 0 Å². The Morgan fingerprint density at radius 1 is 1.22 bits per heavy atom. The quantitative estimate of drug-likeness (QED) is 0.582. The van der Waals surface area contributed by atoms with Crippen LogP contribution in [0.3, 0.4) is 0 Å². The molecule has 0 spiro atoms. The molecule has 0 bridgehead atoms. The number of hydrogen-bond donors (Lipinski definition) is 2. The van der Waals surface area contributed by atoms with E-state index in [9.17, 15) is 5.11 Å². The minimum Gasteiger partial charge on any atom is -0.393 e. The first-order valence-corrected chi connectivity index (χ1v) is 3.26. The summed E-state index contributed by atoms with van der Waals surface area (Å²) in [5, 5.41) is 18.3. The van der Waals surface area contributed by atoms with E-state index in [1.54, 1.807) is 20.8 Å². The zero-order chi connectivity index (χ0) is 7.65. The number of aliphatic hydroxyl groups is 2. The number of rotatable bonds is 2. The van der Waals surface area contributed by atoms with E-state index in [1.165, 1.54) is 0 Å². The molecule has 0 radical (unpaired) electrons. The van der Waals surface area contributed by atoms with E-state index >= 15 is 0 Å². The minimum atomic E-state index is -0.770. The first-order chi connectivity index (χ1) is 3.85. The maximum atomic E-state index is 9.30. The van der Waals surface area contributed by atoms with Crippen LogP contribution in [0.25, 0.3) is 0 Å². The second kappa shape index (κ2) is 2.67. The molecule has 0 saturated carbocycles. The summed E-state index contributed by atoms with van der Waals surface area (Å²) in [5.74, 6) is -0.0718. The molecule has 9 heavy (non-hydrogen) atoms. The van der Waals surface area contributed by atoms with Crippen molar-refractivity contribution in [1.29, 1.82) is 0 Å². The monoisotopic (exact) mass is 132 g/mol. The van der Waals surface area contributed by atoms with E-state index in [1.807, 2.05) is 6.92 Å². The van der Waals surface area contributed by atoms with Gasteiger partial charge in [-0.25, -0.2) is 0 Å². The number of aliphatic hydroxyl groups excluding tert-OH is 1. The Hall–Kier alpha value is -0.0800. The Bertz CT molecular complexity index is 81.4. The second-order valence-corrected chi connectivity index (χ2v) is 3.18. The van der Waals surface area contributed by atoms with E-state index in [4.69, 9.17) is 5.11 Å². The molecule has 0 amide bonds. The van der Waals surface area contributed by atoms with Crippen LogP contribution in [0.4, 0.5) is 0 Å². The van der Waals surface area contributed by atoms with Gasteiger partial charge in [-0.15, -0.1) is 0 Å². The normalized spacial score (nSPS) is 19.3. The van der Waals surface area contributed by atoms with Crippen LogP contribution in [-0.4, -0.2) is 21.9 Å². The summed E-state index contributed by atoms with van der Waals surface area (Å²) < 4.78 is 0. The van der Waals surface area contributed by atoms with Gasteiger partial charge in [-0.1, -0.05) is 6.92 Å². The third-order valence-electron chi connectivity index (χ3n) is 1.84. The summed E-state index contributed by atoms with van der Waals surface area (Å²) in [4.78, 5) is 0. The lowest BCUT2D eigenvalue weighted by Crippen LogP contribution is -2.35. The van der Waals surface area contributed by atoms with E-state index in [-0.39, 0.29) is 5.92 Å². The maximum absolute atomic E-state index is 9.30. The van der Waals surface area contributed by atoms with Crippen LogP contribution >= 0.6 is 0 Å². The third kappa shape index (κ3) is 2.82. The first-order valence-electron chi connectivity index (χ1n) is 3.26. The van der Waals surface area contributed by atoms with Gasteiger partial charge in [-0.2, -0.15) is 0 Å². The zero-order valence-electron chi connectivity index (χ0n) is 6.55. The van der Waals surface area contributed by atoms with Crippen molar-refractivity contribution in [2.75, 3.05) is 0 Å². The summed E-state index contributed by atoms with van der Waals surface area (Å²) in [5.41, 5.74) is -0.770. The maximum Gasteiger partial charge on any atom is 0.0641 e. The Morgan fingerprint density at radius 3 is 1.56 bits per heavy atom. The van der Waals surface area contributed by atoms with Crippen molar-refractivity contribution in [3.63, 3.8) is 0 Å². The molecule has 0 aliphatic rings. The molecule has 0 rings (SSSR count). The Morgan fingerprint density at radius 2 is 1.56 bits per heavy atom.